The standard InChI is InChI=1S/C24H29N3O3S/c28-22-12-17(6-9-25-22)23(29)26-10-7-21-20(13-26)19(18-8-11-31-15-18)14-27(21)24(30)16-4-2-1-3-5-16/h6,8-9,11-12,15-16,19-21H,1-5,7,10,13-14H2,(H,25,28)/t19-,20-,21-/m1/s1. The van der Waals surface area contributed by atoms with Crippen molar-refractivity contribution < 1.29 is 9.59 Å². The molecule has 2 amide bonds. The van der Waals surface area contributed by atoms with E-state index in [0.29, 0.717) is 24.6 Å². The number of nitrogens with zero attached hydrogens (tertiary/aromatic N) is 2. The first-order valence-corrected chi connectivity index (χ1v) is 12.4. The van der Waals surface area contributed by atoms with Crippen LogP contribution in [-0.2, 0) is 4.79 Å². The Kier molecular flexibility index (Phi) is 5.69. The van der Waals surface area contributed by atoms with Crippen molar-refractivity contribution in [2.75, 3.05) is 19.6 Å². The molecule has 2 aliphatic heterocycles. The molecule has 7 heteroatoms. The van der Waals surface area contributed by atoms with E-state index in [4.69, 9.17) is 0 Å². The fourth-order valence-corrected chi connectivity index (χ4v) is 6.58. The second kappa shape index (κ2) is 8.61. The molecule has 6 nitrogen and oxygen atoms in total. The molecule has 2 aromatic heterocycles. The van der Waals surface area contributed by atoms with Crippen molar-refractivity contribution in [3.8, 4) is 0 Å². The van der Waals surface area contributed by atoms with E-state index in [1.807, 2.05) is 4.90 Å². The molecular formula is C24H29N3O3S. The summed E-state index contributed by atoms with van der Waals surface area (Å²) in [6, 6.07) is 5.40. The van der Waals surface area contributed by atoms with Crippen LogP contribution in [0, 0.1) is 11.8 Å². The third kappa shape index (κ3) is 3.95. The highest BCUT2D eigenvalue weighted by molar-refractivity contribution is 7.08. The molecule has 0 spiro atoms. The van der Waals surface area contributed by atoms with Crippen LogP contribution < -0.4 is 5.56 Å². The third-order valence-corrected chi connectivity index (χ3v) is 8.15. The van der Waals surface area contributed by atoms with Crippen molar-refractivity contribution in [2.45, 2.75) is 50.5 Å². The Morgan fingerprint density at radius 3 is 2.65 bits per heavy atom. The monoisotopic (exact) mass is 439 g/mol. The maximum absolute atomic E-state index is 13.5. The summed E-state index contributed by atoms with van der Waals surface area (Å²) in [6.07, 6.45) is 7.92. The van der Waals surface area contributed by atoms with Crippen molar-refractivity contribution in [1.29, 1.82) is 0 Å². The van der Waals surface area contributed by atoms with Crippen LogP contribution in [0.4, 0.5) is 0 Å². The molecule has 31 heavy (non-hydrogen) atoms. The molecule has 5 rings (SSSR count). The minimum absolute atomic E-state index is 0.0920. The van der Waals surface area contributed by atoms with Crippen LogP contribution in [0.25, 0.3) is 0 Å². The molecule has 3 atom stereocenters. The number of carbonyl (C=O) groups excluding carboxylic acids is 2. The number of rotatable bonds is 3. The molecule has 3 aliphatic rings. The van der Waals surface area contributed by atoms with E-state index in [9.17, 15) is 14.4 Å². The van der Waals surface area contributed by atoms with E-state index in [1.165, 1.54) is 24.2 Å². The van der Waals surface area contributed by atoms with Crippen molar-refractivity contribution in [3.05, 3.63) is 56.6 Å². The van der Waals surface area contributed by atoms with Gasteiger partial charge in [0.15, 0.2) is 0 Å². The molecule has 164 valence electrons. The van der Waals surface area contributed by atoms with Gasteiger partial charge in [-0.2, -0.15) is 11.3 Å². The maximum atomic E-state index is 13.5. The normalized spacial score (nSPS) is 26.6. The number of aromatic nitrogens is 1. The molecule has 2 aromatic rings. The molecule has 0 radical (unpaired) electrons. The van der Waals surface area contributed by atoms with E-state index >= 15 is 0 Å². The predicted octanol–water partition coefficient (Wildman–Crippen LogP) is 3.47. The van der Waals surface area contributed by atoms with Gasteiger partial charge in [0.2, 0.25) is 11.5 Å². The number of fused-ring (bicyclic) bond motifs is 1. The Morgan fingerprint density at radius 2 is 1.90 bits per heavy atom. The van der Waals surface area contributed by atoms with E-state index in [2.05, 4.69) is 26.7 Å². The summed E-state index contributed by atoms with van der Waals surface area (Å²) in [5.74, 6) is 0.916. The maximum Gasteiger partial charge on any atom is 0.254 e. The fraction of sp³-hybridized carbons (Fsp3) is 0.542. The fourth-order valence-electron chi connectivity index (χ4n) is 5.86. The highest BCUT2D eigenvalue weighted by Gasteiger charge is 2.48. The number of carbonyl (C=O) groups is 2. The molecule has 0 unspecified atom stereocenters. The van der Waals surface area contributed by atoms with Crippen LogP contribution in [0.3, 0.4) is 0 Å². The average molecular weight is 440 g/mol. The van der Waals surface area contributed by atoms with Crippen LogP contribution in [-0.4, -0.2) is 52.3 Å². The molecule has 0 aromatic carbocycles. The summed E-state index contributed by atoms with van der Waals surface area (Å²) in [6.45, 7) is 2.01. The van der Waals surface area contributed by atoms with Gasteiger partial charge >= 0.3 is 0 Å². The van der Waals surface area contributed by atoms with Crippen molar-refractivity contribution in [1.82, 2.24) is 14.8 Å². The number of nitrogens with one attached hydrogen (secondary N) is 1. The lowest BCUT2D eigenvalue weighted by molar-refractivity contribution is -0.138. The molecule has 1 N–H and O–H groups in total. The third-order valence-electron chi connectivity index (χ3n) is 7.45. The highest BCUT2D eigenvalue weighted by atomic mass is 32.1. The van der Waals surface area contributed by atoms with Gasteiger partial charge in [-0.25, -0.2) is 0 Å². The Labute approximate surface area is 186 Å². The Morgan fingerprint density at radius 1 is 1.06 bits per heavy atom. The highest BCUT2D eigenvalue weighted by Crippen LogP contribution is 2.43. The van der Waals surface area contributed by atoms with Crippen LogP contribution in [0.5, 0.6) is 0 Å². The molecule has 4 heterocycles. The lowest BCUT2D eigenvalue weighted by Gasteiger charge is -2.40. The van der Waals surface area contributed by atoms with Gasteiger partial charge in [0.25, 0.3) is 5.91 Å². The summed E-state index contributed by atoms with van der Waals surface area (Å²) in [7, 11) is 0. The molecule has 0 bridgehead atoms. The first-order valence-electron chi connectivity index (χ1n) is 11.4. The summed E-state index contributed by atoms with van der Waals surface area (Å²) >= 11 is 1.69. The van der Waals surface area contributed by atoms with Crippen LogP contribution in [0.2, 0.25) is 0 Å². The van der Waals surface area contributed by atoms with Gasteiger partial charge < -0.3 is 14.8 Å². The number of hydrogen-bond donors (Lipinski definition) is 1. The zero-order chi connectivity index (χ0) is 21.4. The van der Waals surface area contributed by atoms with Crippen molar-refractivity contribution in [2.24, 2.45) is 11.8 Å². The van der Waals surface area contributed by atoms with E-state index in [-0.39, 0.29) is 35.3 Å². The number of aromatic amines is 1. The summed E-state index contributed by atoms with van der Waals surface area (Å²) in [4.78, 5) is 44.8. The van der Waals surface area contributed by atoms with Gasteiger partial charge in [-0.05, 0) is 47.7 Å². The van der Waals surface area contributed by atoms with E-state index in [0.717, 1.165) is 38.6 Å². The molecular weight excluding hydrogens is 410 g/mol. The quantitative estimate of drug-likeness (QED) is 0.796. The number of H-pyrrole nitrogens is 1. The number of hydrogen-bond acceptors (Lipinski definition) is 4. The van der Waals surface area contributed by atoms with Crippen molar-refractivity contribution in [3.63, 3.8) is 0 Å². The lowest BCUT2D eigenvalue weighted by atomic mass is 9.82. The Hall–Kier alpha value is -2.41. The van der Waals surface area contributed by atoms with Gasteiger partial charge in [0.1, 0.15) is 0 Å². The van der Waals surface area contributed by atoms with E-state index in [1.54, 1.807) is 17.4 Å². The summed E-state index contributed by atoms with van der Waals surface area (Å²) in [5.41, 5.74) is 1.45. The number of likely N-dealkylation sites (tertiary alicyclic amines) is 2. The van der Waals surface area contributed by atoms with Gasteiger partial charge in [-0.15, -0.1) is 0 Å². The second-order valence-electron chi connectivity index (χ2n) is 9.20. The minimum atomic E-state index is -0.262. The SMILES string of the molecule is O=C(c1cc[nH]c(=O)c1)N1CC[C@@H]2[C@H](C1)[C@@H](c1ccsc1)CN2C(=O)C1CCCCC1. The predicted molar refractivity (Wildman–Crippen MR) is 120 cm³/mol. The summed E-state index contributed by atoms with van der Waals surface area (Å²) in [5, 5.41) is 4.28. The average Bonchev–Trinajstić information content (AvgIpc) is 3.46. The first-order chi connectivity index (χ1) is 15.1. The van der Waals surface area contributed by atoms with Gasteiger partial charge in [-0.1, -0.05) is 19.3 Å². The number of pyridine rings is 1. The van der Waals surface area contributed by atoms with Gasteiger partial charge in [0.05, 0.1) is 0 Å². The van der Waals surface area contributed by atoms with E-state index < -0.39 is 0 Å². The summed E-state index contributed by atoms with van der Waals surface area (Å²) < 4.78 is 0. The Balaban J connectivity index is 1.38. The molecule has 1 saturated carbocycles. The largest absolute Gasteiger partial charge is 0.338 e. The van der Waals surface area contributed by atoms with Gasteiger partial charge in [-0.3, -0.25) is 14.4 Å². The Bertz CT molecular complexity index is 996. The van der Waals surface area contributed by atoms with Crippen LogP contribution in [0.15, 0.2) is 40.0 Å². The first kappa shape index (κ1) is 20.5. The smallest absolute Gasteiger partial charge is 0.254 e. The lowest BCUT2D eigenvalue weighted by Crippen LogP contribution is -2.50. The second-order valence-corrected chi connectivity index (χ2v) is 9.98. The molecule has 3 fully saturated rings. The van der Waals surface area contributed by atoms with Gasteiger partial charge in [0, 0.05) is 61.3 Å². The van der Waals surface area contributed by atoms with Crippen LogP contribution in [0.1, 0.15) is 60.4 Å². The zero-order valence-corrected chi connectivity index (χ0v) is 18.5. The minimum Gasteiger partial charge on any atom is -0.338 e. The molecule has 2 saturated heterocycles. The topological polar surface area (TPSA) is 73.5 Å². The zero-order valence-electron chi connectivity index (χ0n) is 17.7. The number of amides is 2. The molecule has 1 aliphatic carbocycles. The van der Waals surface area contributed by atoms with Crippen molar-refractivity contribution >= 4 is 23.2 Å². The number of piperidine rings is 1. The number of thiophene rings is 1. The van der Waals surface area contributed by atoms with Crippen LogP contribution >= 0.6 is 11.3 Å².